The van der Waals surface area contributed by atoms with Crippen LogP contribution in [0, 0.1) is 0 Å². The highest BCUT2D eigenvalue weighted by Gasteiger charge is 2.18. The molecule has 0 aromatic heterocycles. The van der Waals surface area contributed by atoms with Gasteiger partial charge in [0, 0.05) is 29.0 Å². The Kier molecular flexibility index (Phi) is 3.71. The van der Waals surface area contributed by atoms with Crippen molar-refractivity contribution in [2.24, 2.45) is 0 Å². The van der Waals surface area contributed by atoms with E-state index in [1.807, 2.05) is 0 Å². The van der Waals surface area contributed by atoms with Gasteiger partial charge in [0.2, 0.25) is 0 Å². The van der Waals surface area contributed by atoms with Gasteiger partial charge in [0.05, 0.1) is 6.61 Å². The summed E-state index contributed by atoms with van der Waals surface area (Å²) in [7, 11) is 0. The predicted molar refractivity (Wildman–Crippen MR) is 77.0 cm³/mol. The second-order valence-corrected chi connectivity index (χ2v) is 5.93. The zero-order valence-electron chi connectivity index (χ0n) is 10.4. The highest BCUT2D eigenvalue weighted by molar-refractivity contribution is 9.10. The SMILES string of the molecule is Brc1cc2c(c(CNC3CC=CCC3)c1)OCC2. The lowest BCUT2D eigenvalue weighted by atomic mass is 10.0. The third kappa shape index (κ3) is 2.62. The summed E-state index contributed by atoms with van der Waals surface area (Å²) in [4.78, 5) is 0. The Morgan fingerprint density at radius 1 is 1.33 bits per heavy atom. The van der Waals surface area contributed by atoms with E-state index in [0.29, 0.717) is 6.04 Å². The highest BCUT2D eigenvalue weighted by Crippen LogP contribution is 2.33. The lowest BCUT2D eigenvalue weighted by Gasteiger charge is -2.20. The fraction of sp³-hybridized carbons (Fsp3) is 0.467. The number of hydrogen-bond acceptors (Lipinski definition) is 2. The number of nitrogens with one attached hydrogen (secondary N) is 1. The first kappa shape index (κ1) is 12.2. The van der Waals surface area contributed by atoms with Gasteiger partial charge in [-0.15, -0.1) is 0 Å². The molecular weight excluding hydrogens is 290 g/mol. The Balaban J connectivity index is 1.70. The molecule has 3 rings (SSSR count). The Hall–Kier alpha value is -0.800. The molecule has 0 saturated carbocycles. The van der Waals surface area contributed by atoms with E-state index in [9.17, 15) is 0 Å². The van der Waals surface area contributed by atoms with Gasteiger partial charge < -0.3 is 10.1 Å². The zero-order valence-corrected chi connectivity index (χ0v) is 12.0. The van der Waals surface area contributed by atoms with Crippen LogP contribution in [0.5, 0.6) is 5.75 Å². The molecule has 1 aromatic rings. The van der Waals surface area contributed by atoms with Crippen LogP contribution >= 0.6 is 15.9 Å². The number of allylic oxidation sites excluding steroid dienone is 1. The minimum atomic E-state index is 0.617. The molecule has 0 bridgehead atoms. The molecule has 1 aliphatic heterocycles. The van der Waals surface area contributed by atoms with Crippen molar-refractivity contribution in [2.45, 2.75) is 38.3 Å². The topological polar surface area (TPSA) is 21.3 Å². The first-order chi connectivity index (χ1) is 8.83. The van der Waals surface area contributed by atoms with E-state index < -0.39 is 0 Å². The summed E-state index contributed by atoms with van der Waals surface area (Å²) in [5.74, 6) is 1.11. The van der Waals surface area contributed by atoms with Gasteiger partial charge in [0.15, 0.2) is 0 Å². The molecule has 2 nitrogen and oxygen atoms in total. The standard InChI is InChI=1S/C15H18BrNO/c16-13-8-11-6-7-18-15(11)12(9-13)10-17-14-4-2-1-3-5-14/h1-2,8-9,14,17H,3-7,10H2. The maximum atomic E-state index is 5.75. The minimum absolute atomic E-state index is 0.617. The smallest absolute Gasteiger partial charge is 0.127 e. The van der Waals surface area contributed by atoms with E-state index in [-0.39, 0.29) is 0 Å². The van der Waals surface area contributed by atoms with Crippen molar-refractivity contribution in [3.8, 4) is 5.75 Å². The normalized spacial score (nSPS) is 21.7. The summed E-state index contributed by atoms with van der Waals surface area (Å²) in [5, 5.41) is 3.64. The minimum Gasteiger partial charge on any atom is -0.493 e. The lowest BCUT2D eigenvalue weighted by molar-refractivity contribution is 0.351. The molecular formula is C15H18BrNO. The summed E-state index contributed by atoms with van der Waals surface area (Å²) in [6.07, 6.45) is 9.18. The van der Waals surface area contributed by atoms with Gasteiger partial charge in [-0.2, -0.15) is 0 Å². The van der Waals surface area contributed by atoms with E-state index in [2.05, 4.69) is 45.5 Å². The highest BCUT2D eigenvalue weighted by atomic mass is 79.9. The molecule has 0 spiro atoms. The van der Waals surface area contributed by atoms with E-state index in [1.54, 1.807) is 0 Å². The van der Waals surface area contributed by atoms with Crippen molar-refractivity contribution >= 4 is 15.9 Å². The number of hydrogen-bond donors (Lipinski definition) is 1. The van der Waals surface area contributed by atoms with Crippen molar-refractivity contribution in [3.05, 3.63) is 39.9 Å². The molecule has 0 fully saturated rings. The molecule has 0 amide bonds. The second-order valence-electron chi connectivity index (χ2n) is 5.01. The monoisotopic (exact) mass is 307 g/mol. The third-order valence-electron chi connectivity index (χ3n) is 3.68. The van der Waals surface area contributed by atoms with E-state index >= 15 is 0 Å². The summed E-state index contributed by atoms with van der Waals surface area (Å²) in [6.45, 7) is 1.73. The zero-order chi connectivity index (χ0) is 12.4. The van der Waals surface area contributed by atoms with Crippen molar-refractivity contribution in [1.29, 1.82) is 0 Å². The second kappa shape index (κ2) is 5.45. The molecule has 1 aliphatic carbocycles. The van der Waals surface area contributed by atoms with E-state index in [0.717, 1.165) is 36.2 Å². The van der Waals surface area contributed by atoms with Gasteiger partial charge in [0.1, 0.15) is 5.75 Å². The van der Waals surface area contributed by atoms with Gasteiger partial charge in [-0.25, -0.2) is 0 Å². The van der Waals surface area contributed by atoms with Gasteiger partial charge in [0.25, 0.3) is 0 Å². The lowest BCUT2D eigenvalue weighted by Crippen LogP contribution is -2.29. The van der Waals surface area contributed by atoms with Crippen LogP contribution in [0.15, 0.2) is 28.8 Å². The molecule has 1 N–H and O–H groups in total. The number of rotatable bonds is 3. The van der Waals surface area contributed by atoms with Crippen LogP contribution in [0.4, 0.5) is 0 Å². The van der Waals surface area contributed by atoms with Gasteiger partial charge in [-0.3, -0.25) is 0 Å². The van der Waals surface area contributed by atoms with Crippen LogP contribution in [-0.2, 0) is 13.0 Å². The van der Waals surface area contributed by atoms with E-state index in [4.69, 9.17) is 4.74 Å². The third-order valence-corrected chi connectivity index (χ3v) is 4.13. The summed E-state index contributed by atoms with van der Waals surface area (Å²) >= 11 is 3.59. The van der Waals surface area contributed by atoms with E-state index in [1.165, 1.54) is 24.0 Å². The van der Waals surface area contributed by atoms with Crippen LogP contribution in [-0.4, -0.2) is 12.6 Å². The Morgan fingerprint density at radius 2 is 2.28 bits per heavy atom. The molecule has 0 saturated heterocycles. The molecule has 1 heterocycles. The first-order valence-electron chi connectivity index (χ1n) is 6.65. The molecule has 18 heavy (non-hydrogen) atoms. The van der Waals surface area contributed by atoms with Crippen molar-refractivity contribution in [1.82, 2.24) is 5.32 Å². The largest absolute Gasteiger partial charge is 0.493 e. The van der Waals surface area contributed by atoms with Crippen LogP contribution in [0.2, 0.25) is 0 Å². The van der Waals surface area contributed by atoms with Crippen LogP contribution in [0.3, 0.4) is 0 Å². The maximum absolute atomic E-state index is 5.75. The van der Waals surface area contributed by atoms with Crippen molar-refractivity contribution in [2.75, 3.05) is 6.61 Å². The summed E-state index contributed by atoms with van der Waals surface area (Å²) < 4.78 is 6.91. The first-order valence-corrected chi connectivity index (χ1v) is 7.45. The molecule has 1 aromatic carbocycles. The molecule has 1 unspecified atom stereocenters. The van der Waals surface area contributed by atoms with Gasteiger partial charge in [-0.05, 0) is 37.0 Å². The average molecular weight is 308 g/mol. The molecule has 0 radical (unpaired) electrons. The van der Waals surface area contributed by atoms with Crippen LogP contribution in [0.25, 0.3) is 0 Å². The number of fused-ring (bicyclic) bond motifs is 1. The number of ether oxygens (including phenoxy) is 1. The fourth-order valence-electron chi connectivity index (χ4n) is 2.71. The van der Waals surface area contributed by atoms with Gasteiger partial charge in [-0.1, -0.05) is 28.1 Å². The Labute approximate surface area is 117 Å². The van der Waals surface area contributed by atoms with Gasteiger partial charge >= 0.3 is 0 Å². The Morgan fingerprint density at radius 3 is 3.11 bits per heavy atom. The molecule has 3 heteroatoms. The predicted octanol–water partition coefficient (Wildman–Crippen LogP) is 3.58. The number of benzene rings is 1. The number of halogens is 1. The van der Waals surface area contributed by atoms with Crippen LogP contribution in [0.1, 0.15) is 30.4 Å². The Bertz CT molecular complexity index is 470. The fourth-order valence-corrected chi connectivity index (χ4v) is 3.26. The van der Waals surface area contributed by atoms with Crippen LogP contribution < -0.4 is 10.1 Å². The van der Waals surface area contributed by atoms with Crippen molar-refractivity contribution < 1.29 is 4.74 Å². The molecule has 1 atom stereocenters. The average Bonchev–Trinajstić information content (AvgIpc) is 2.85. The summed E-state index contributed by atoms with van der Waals surface area (Å²) in [6, 6.07) is 4.97. The quantitative estimate of drug-likeness (QED) is 0.862. The summed E-state index contributed by atoms with van der Waals surface area (Å²) in [5.41, 5.74) is 2.62. The van der Waals surface area contributed by atoms with Crippen molar-refractivity contribution in [3.63, 3.8) is 0 Å². The maximum Gasteiger partial charge on any atom is 0.127 e. The molecule has 2 aliphatic rings. The molecule has 96 valence electrons.